The molecule has 1 heterocycles. The second-order valence-corrected chi connectivity index (χ2v) is 2.34. The van der Waals surface area contributed by atoms with E-state index in [0.717, 1.165) is 0 Å². The SMILES string of the molecule is CCOC(=O)[C@]1(O)NC(=O)NC1=O. The number of hydrogen-bond acceptors (Lipinski definition) is 5. The van der Waals surface area contributed by atoms with E-state index in [1.54, 1.807) is 10.6 Å². The molecule has 0 aromatic heterocycles. The van der Waals surface area contributed by atoms with Gasteiger partial charge in [0.25, 0.3) is 5.91 Å². The van der Waals surface area contributed by atoms with E-state index < -0.39 is 23.6 Å². The molecule has 1 fully saturated rings. The molecule has 0 aromatic carbocycles. The van der Waals surface area contributed by atoms with Gasteiger partial charge in [-0.1, -0.05) is 0 Å². The number of carbonyl (C=O) groups excluding carboxylic acids is 3. The van der Waals surface area contributed by atoms with Gasteiger partial charge in [-0.15, -0.1) is 0 Å². The Bertz CT molecular complexity index is 276. The van der Waals surface area contributed by atoms with Crippen molar-refractivity contribution in [3.05, 3.63) is 0 Å². The zero-order chi connectivity index (χ0) is 10.1. The molecule has 0 aromatic rings. The molecular formula is C6H8N2O5. The van der Waals surface area contributed by atoms with Gasteiger partial charge >= 0.3 is 17.7 Å². The first kappa shape index (κ1) is 9.46. The Balaban J connectivity index is 2.81. The maximum Gasteiger partial charge on any atom is 0.370 e. The number of rotatable bonds is 2. The maximum absolute atomic E-state index is 11.0. The monoisotopic (exact) mass is 188 g/mol. The number of amides is 3. The molecule has 7 heteroatoms. The molecule has 1 rings (SSSR count). The highest BCUT2D eigenvalue weighted by Crippen LogP contribution is 2.08. The van der Waals surface area contributed by atoms with Crippen LogP contribution in [-0.2, 0) is 14.3 Å². The van der Waals surface area contributed by atoms with Crippen molar-refractivity contribution in [2.24, 2.45) is 0 Å². The van der Waals surface area contributed by atoms with Crippen LogP contribution in [0.3, 0.4) is 0 Å². The van der Waals surface area contributed by atoms with Crippen molar-refractivity contribution in [1.29, 1.82) is 0 Å². The van der Waals surface area contributed by atoms with E-state index in [4.69, 9.17) is 0 Å². The van der Waals surface area contributed by atoms with Crippen molar-refractivity contribution >= 4 is 17.9 Å². The number of esters is 1. The van der Waals surface area contributed by atoms with E-state index in [0.29, 0.717) is 0 Å². The van der Waals surface area contributed by atoms with Crippen molar-refractivity contribution in [3.8, 4) is 0 Å². The van der Waals surface area contributed by atoms with Gasteiger partial charge in [0.1, 0.15) is 0 Å². The van der Waals surface area contributed by atoms with Crippen LogP contribution >= 0.6 is 0 Å². The van der Waals surface area contributed by atoms with Gasteiger partial charge in [0.2, 0.25) is 0 Å². The molecule has 0 bridgehead atoms. The van der Waals surface area contributed by atoms with Crippen LogP contribution in [-0.4, -0.2) is 35.3 Å². The van der Waals surface area contributed by atoms with Crippen molar-refractivity contribution in [2.75, 3.05) is 6.61 Å². The van der Waals surface area contributed by atoms with Gasteiger partial charge in [-0.2, -0.15) is 0 Å². The number of urea groups is 1. The normalized spacial score (nSPS) is 26.6. The average molecular weight is 188 g/mol. The molecule has 3 amide bonds. The van der Waals surface area contributed by atoms with Crippen LogP contribution in [0.5, 0.6) is 0 Å². The molecule has 72 valence electrons. The van der Waals surface area contributed by atoms with Crippen molar-refractivity contribution in [3.63, 3.8) is 0 Å². The molecule has 0 saturated carbocycles. The minimum absolute atomic E-state index is 0.00426. The van der Waals surface area contributed by atoms with Crippen LogP contribution < -0.4 is 10.6 Å². The molecule has 0 spiro atoms. The molecule has 7 nitrogen and oxygen atoms in total. The average Bonchev–Trinajstić information content (AvgIpc) is 2.28. The summed E-state index contributed by atoms with van der Waals surface area (Å²) in [4.78, 5) is 32.4. The second-order valence-electron chi connectivity index (χ2n) is 2.34. The van der Waals surface area contributed by atoms with Gasteiger partial charge in [0, 0.05) is 0 Å². The maximum atomic E-state index is 11.0. The van der Waals surface area contributed by atoms with Crippen molar-refractivity contribution in [1.82, 2.24) is 10.6 Å². The Hall–Kier alpha value is -1.63. The highest BCUT2D eigenvalue weighted by atomic mass is 16.6. The Morgan fingerprint density at radius 2 is 2.23 bits per heavy atom. The van der Waals surface area contributed by atoms with E-state index in [1.807, 2.05) is 0 Å². The lowest BCUT2D eigenvalue weighted by Gasteiger charge is -2.15. The lowest BCUT2D eigenvalue weighted by atomic mass is 10.2. The van der Waals surface area contributed by atoms with E-state index in [-0.39, 0.29) is 6.61 Å². The fourth-order valence-electron chi connectivity index (χ4n) is 0.825. The standard InChI is InChI=1S/C6H8N2O5/c1-2-13-4(10)6(12)3(9)7-5(11)8-6/h12H,2H2,1H3,(H2,7,8,9,11)/t6-/m0/s1. The number of aliphatic hydroxyl groups is 1. The molecule has 3 N–H and O–H groups in total. The Labute approximate surface area is 73.1 Å². The van der Waals surface area contributed by atoms with Crippen molar-refractivity contribution < 1.29 is 24.2 Å². The summed E-state index contributed by atoms with van der Waals surface area (Å²) in [6.45, 7) is 1.51. The summed E-state index contributed by atoms with van der Waals surface area (Å²) < 4.78 is 4.38. The fraction of sp³-hybridized carbons (Fsp3) is 0.500. The summed E-state index contributed by atoms with van der Waals surface area (Å²) in [7, 11) is 0. The number of imide groups is 1. The van der Waals surface area contributed by atoms with Gasteiger partial charge in [-0.3, -0.25) is 15.4 Å². The predicted octanol–water partition coefficient (Wildman–Crippen LogP) is -1.92. The number of ether oxygens (including phenoxy) is 1. The quantitative estimate of drug-likeness (QED) is 0.266. The molecule has 1 saturated heterocycles. The molecule has 0 unspecified atom stereocenters. The topological polar surface area (TPSA) is 105 Å². The predicted molar refractivity (Wildman–Crippen MR) is 38.3 cm³/mol. The largest absolute Gasteiger partial charge is 0.462 e. The van der Waals surface area contributed by atoms with Gasteiger partial charge in [-0.05, 0) is 6.92 Å². The first-order valence-electron chi connectivity index (χ1n) is 3.54. The fourth-order valence-corrected chi connectivity index (χ4v) is 0.825. The lowest BCUT2D eigenvalue weighted by Crippen LogP contribution is -2.54. The molecule has 0 aliphatic carbocycles. The first-order chi connectivity index (χ1) is 6.00. The van der Waals surface area contributed by atoms with Gasteiger partial charge < -0.3 is 9.84 Å². The Morgan fingerprint density at radius 1 is 1.62 bits per heavy atom. The summed E-state index contributed by atoms with van der Waals surface area (Å²) in [6, 6.07) is -0.930. The number of hydrogen-bond donors (Lipinski definition) is 3. The lowest BCUT2D eigenvalue weighted by molar-refractivity contribution is -0.170. The van der Waals surface area contributed by atoms with E-state index in [2.05, 4.69) is 4.74 Å². The minimum Gasteiger partial charge on any atom is -0.462 e. The van der Waals surface area contributed by atoms with Crippen LogP contribution in [0.25, 0.3) is 0 Å². The van der Waals surface area contributed by atoms with Crippen molar-refractivity contribution in [2.45, 2.75) is 12.6 Å². The van der Waals surface area contributed by atoms with E-state index in [1.165, 1.54) is 6.92 Å². The van der Waals surface area contributed by atoms with Crippen LogP contribution in [0.1, 0.15) is 6.92 Å². The summed E-state index contributed by atoms with van der Waals surface area (Å²) >= 11 is 0. The smallest absolute Gasteiger partial charge is 0.370 e. The molecule has 0 radical (unpaired) electrons. The third-order valence-electron chi connectivity index (χ3n) is 1.42. The van der Waals surface area contributed by atoms with E-state index in [9.17, 15) is 19.5 Å². The van der Waals surface area contributed by atoms with Crippen LogP contribution in [0, 0.1) is 0 Å². The molecular weight excluding hydrogens is 180 g/mol. The van der Waals surface area contributed by atoms with E-state index >= 15 is 0 Å². The molecule has 1 atom stereocenters. The third kappa shape index (κ3) is 1.45. The summed E-state index contributed by atoms with van der Waals surface area (Å²) in [5.41, 5.74) is -2.58. The van der Waals surface area contributed by atoms with Gasteiger partial charge in [0.15, 0.2) is 0 Å². The highest BCUT2D eigenvalue weighted by Gasteiger charge is 2.52. The number of nitrogens with one attached hydrogen (secondary N) is 2. The Morgan fingerprint density at radius 3 is 2.62 bits per heavy atom. The minimum atomic E-state index is -2.58. The van der Waals surface area contributed by atoms with Crippen LogP contribution in [0.15, 0.2) is 0 Å². The summed E-state index contributed by atoms with van der Waals surface area (Å²) in [5, 5.41) is 12.8. The Kier molecular flexibility index (Phi) is 2.20. The summed E-state index contributed by atoms with van der Waals surface area (Å²) in [5.74, 6) is -2.32. The third-order valence-corrected chi connectivity index (χ3v) is 1.42. The summed E-state index contributed by atoms with van der Waals surface area (Å²) in [6.07, 6.45) is 0. The first-order valence-corrected chi connectivity index (χ1v) is 3.54. The zero-order valence-corrected chi connectivity index (χ0v) is 6.79. The molecule has 1 aliphatic heterocycles. The zero-order valence-electron chi connectivity index (χ0n) is 6.79. The van der Waals surface area contributed by atoms with Crippen LogP contribution in [0.2, 0.25) is 0 Å². The number of carbonyl (C=O) groups is 3. The van der Waals surface area contributed by atoms with Gasteiger partial charge in [0.05, 0.1) is 6.61 Å². The van der Waals surface area contributed by atoms with Gasteiger partial charge in [-0.25, -0.2) is 9.59 Å². The molecule has 1 aliphatic rings. The molecule has 13 heavy (non-hydrogen) atoms. The second kappa shape index (κ2) is 3.02. The highest BCUT2D eigenvalue weighted by molar-refractivity contribution is 6.17. The van der Waals surface area contributed by atoms with Crippen LogP contribution in [0.4, 0.5) is 4.79 Å².